The van der Waals surface area contributed by atoms with Crippen LogP contribution < -0.4 is 15.8 Å². The smallest absolute Gasteiger partial charge is 0.167 e. The van der Waals surface area contributed by atoms with Gasteiger partial charge in [-0.25, -0.2) is 4.39 Å². The van der Waals surface area contributed by atoms with E-state index in [0.717, 1.165) is 5.69 Å². The molecule has 0 bridgehead atoms. The number of hydrogen-bond donors (Lipinski definition) is 2. The highest BCUT2D eigenvalue weighted by molar-refractivity contribution is 6.30. The standard InChI is InChI=1S/C14H14ClFN2O/c1-2-19-14-8-13(12(17)7-11(14)16)18-10-5-3-9(15)4-6-10/h3-8,18H,2,17H2,1H3. The summed E-state index contributed by atoms with van der Waals surface area (Å²) in [5.41, 5.74) is 7.50. The van der Waals surface area contributed by atoms with E-state index in [1.54, 1.807) is 25.1 Å². The van der Waals surface area contributed by atoms with Crippen molar-refractivity contribution in [1.82, 2.24) is 0 Å². The Morgan fingerprint density at radius 1 is 1.26 bits per heavy atom. The van der Waals surface area contributed by atoms with Crippen LogP contribution in [0.15, 0.2) is 36.4 Å². The van der Waals surface area contributed by atoms with Crippen molar-refractivity contribution in [3.8, 4) is 5.75 Å². The Balaban J connectivity index is 2.28. The molecule has 3 nitrogen and oxygen atoms in total. The lowest BCUT2D eigenvalue weighted by Gasteiger charge is -2.12. The Morgan fingerprint density at radius 3 is 2.58 bits per heavy atom. The van der Waals surface area contributed by atoms with Gasteiger partial charge in [0.25, 0.3) is 0 Å². The third kappa shape index (κ3) is 3.29. The summed E-state index contributed by atoms with van der Waals surface area (Å²) in [5, 5.41) is 3.74. The van der Waals surface area contributed by atoms with Crippen LogP contribution in [0.4, 0.5) is 21.5 Å². The van der Waals surface area contributed by atoms with Crippen molar-refractivity contribution in [2.45, 2.75) is 6.92 Å². The van der Waals surface area contributed by atoms with Crippen LogP contribution in [0.25, 0.3) is 0 Å². The van der Waals surface area contributed by atoms with Crippen molar-refractivity contribution in [2.24, 2.45) is 0 Å². The molecule has 3 N–H and O–H groups in total. The summed E-state index contributed by atoms with van der Waals surface area (Å²) in [5.74, 6) is -0.297. The zero-order valence-corrected chi connectivity index (χ0v) is 11.2. The average molecular weight is 281 g/mol. The van der Waals surface area contributed by atoms with E-state index in [1.807, 2.05) is 12.1 Å². The Kier molecular flexibility index (Phi) is 4.12. The molecular weight excluding hydrogens is 267 g/mol. The Labute approximate surface area is 116 Å². The highest BCUT2D eigenvalue weighted by atomic mass is 35.5. The maximum atomic E-state index is 13.6. The first-order valence-corrected chi connectivity index (χ1v) is 6.22. The topological polar surface area (TPSA) is 47.3 Å². The minimum Gasteiger partial charge on any atom is -0.491 e. The number of halogens is 2. The summed E-state index contributed by atoms with van der Waals surface area (Å²) in [6, 6.07) is 9.92. The van der Waals surface area contributed by atoms with E-state index in [1.165, 1.54) is 6.07 Å². The van der Waals surface area contributed by atoms with Crippen molar-refractivity contribution in [1.29, 1.82) is 0 Å². The highest BCUT2D eigenvalue weighted by Crippen LogP contribution is 2.30. The van der Waals surface area contributed by atoms with Gasteiger partial charge in [-0.2, -0.15) is 0 Å². The zero-order valence-electron chi connectivity index (χ0n) is 10.4. The number of anilines is 3. The average Bonchev–Trinajstić information content (AvgIpc) is 2.38. The summed E-state index contributed by atoms with van der Waals surface area (Å²) >= 11 is 5.81. The first-order chi connectivity index (χ1) is 9.10. The Bertz CT molecular complexity index is 572. The second-order valence-electron chi connectivity index (χ2n) is 3.93. The maximum absolute atomic E-state index is 13.6. The number of ether oxygens (including phenoxy) is 1. The van der Waals surface area contributed by atoms with Crippen LogP contribution in [0.3, 0.4) is 0 Å². The zero-order chi connectivity index (χ0) is 13.8. The molecule has 0 heterocycles. The molecule has 0 spiro atoms. The summed E-state index contributed by atoms with van der Waals surface area (Å²) < 4.78 is 18.8. The van der Waals surface area contributed by atoms with Crippen molar-refractivity contribution in [3.63, 3.8) is 0 Å². The van der Waals surface area contributed by atoms with E-state index < -0.39 is 5.82 Å². The highest BCUT2D eigenvalue weighted by Gasteiger charge is 2.09. The van der Waals surface area contributed by atoms with Crippen LogP contribution in [0.5, 0.6) is 5.75 Å². The van der Waals surface area contributed by atoms with E-state index in [4.69, 9.17) is 22.1 Å². The van der Waals surface area contributed by atoms with Gasteiger partial charge in [-0.1, -0.05) is 11.6 Å². The molecule has 0 aliphatic carbocycles. The van der Waals surface area contributed by atoms with Gasteiger partial charge in [-0.15, -0.1) is 0 Å². The molecule has 0 amide bonds. The fourth-order valence-corrected chi connectivity index (χ4v) is 1.76. The Morgan fingerprint density at radius 2 is 1.95 bits per heavy atom. The number of nitrogen functional groups attached to an aromatic ring is 1. The van der Waals surface area contributed by atoms with Crippen molar-refractivity contribution in [3.05, 3.63) is 47.2 Å². The third-order valence-corrected chi connectivity index (χ3v) is 2.78. The quantitative estimate of drug-likeness (QED) is 0.825. The van der Waals surface area contributed by atoms with Crippen LogP contribution in [0.2, 0.25) is 5.02 Å². The number of benzene rings is 2. The molecular formula is C14H14ClFN2O. The maximum Gasteiger partial charge on any atom is 0.167 e. The van der Waals surface area contributed by atoms with Gasteiger partial charge in [0, 0.05) is 22.8 Å². The Hall–Kier alpha value is -1.94. The van der Waals surface area contributed by atoms with Gasteiger partial charge in [-0.3, -0.25) is 0 Å². The minimum atomic E-state index is -0.471. The predicted octanol–water partition coefficient (Wildman–Crippen LogP) is 4.20. The van der Waals surface area contributed by atoms with E-state index >= 15 is 0 Å². The monoisotopic (exact) mass is 280 g/mol. The lowest BCUT2D eigenvalue weighted by Crippen LogP contribution is -2.01. The molecule has 0 saturated heterocycles. The van der Waals surface area contributed by atoms with Crippen LogP contribution in [0.1, 0.15) is 6.92 Å². The lowest BCUT2D eigenvalue weighted by atomic mass is 10.2. The number of rotatable bonds is 4. The molecule has 2 aromatic carbocycles. The number of nitrogens with one attached hydrogen (secondary N) is 1. The molecule has 0 fully saturated rings. The van der Waals surface area contributed by atoms with Gasteiger partial charge in [0.1, 0.15) is 0 Å². The van der Waals surface area contributed by atoms with Crippen molar-refractivity contribution >= 4 is 28.7 Å². The van der Waals surface area contributed by atoms with Crippen LogP contribution in [-0.2, 0) is 0 Å². The molecule has 0 radical (unpaired) electrons. The number of hydrogen-bond acceptors (Lipinski definition) is 3. The molecule has 2 aromatic rings. The van der Waals surface area contributed by atoms with Crippen LogP contribution in [-0.4, -0.2) is 6.61 Å². The third-order valence-electron chi connectivity index (χ3n) is 2.53. The predicted molar refractivity (Wildman–Crippen MR) is 76.7 cm³/mol. The first kappa shape index (κ1) is 13.5. The van der Waals surface area contributed by atoms with Gasteiger partial charge in [0.05, 0.1) is 18.0 Å². The first-order valence-electron chi connectivity index (χ1n) is 5.84. The molecule has 0 aromatic heterocycles. The van der Waals surface area contributed by atoms with Gasteiger partial charge in [0.2, 0.25) is 0 Å². The molecule has 0 saturated carbocycles. The van der Waals surface area contributed by atoms with Gasteiger partial charge < -0.3 is 15.8 Å². The molecule has 19 heavy (non-hydrogen) atoms. The van der Waals surface area contributed by atoms with Gasteiger partial charge in [-0.05, 0) is 31.2 Å². The largest absolute Gasteiger partial charge is 0.491 e. The second kappa shape index (κ2) is 5.80. The van der Waals surface area contributed by atoms with E-state index in [-0.39, 0.29) is 5.75 Å². The molecule has 0 aliphatic rings. The van der Waals surface area contributed by atoms with Crippen LogP contribution >= 0.6 is 11.6 Å². The molecule has 0 unspecified atom stereocenters. The summed E-state index contributed by atoms with van der Waals surface area (Å²) in [4.78, 5) is 0. The van der Waals surface area contributed by atoms with Crippen molar-refractivity contribution < 1.29 is 9.13 Å². The number of nitrogens with two attached hydrogens (primary N) is 1. The SMILES string of the molecule is CCOc1cc(Nc2ccc(Cl)cc2)c(N)cc1F. The fourth-order valence-electron chi connectivity index (χ4n) is 1.63. The van der Waals surface area contributed by atoms with E-state index in [0.29, 0.717) is 23.0 Å². The molecule has 2 rings (SSSR count). The van der Waals surface area contributed by atoms with E-state index in [9.17, 15) is 4.39 Å². The molecule has 0 aliphatic heterocycles. The van der Waals surface area contributed by atoms with Crippen LogP contribution in [0, 0.1) is 5.82 Å². The molecule has 5 heteroatoms. The molecule has 0 atom stereocenters. The lowest BCUT2D eigenvalue weighted by molar-refractivity contribution is 0.322. The molecule has 100 valence electrons. The normalized spacial score (nSPS) is 10.3. The summed E-state index contributed by atoms with van der Waals surface area (Å²) in [6.07, 6.45) is 0. The van der Waals surface area contributed by atoms with Crippen molar-refractivity contribution in [2.75, 3.05) is 17.7 Å². The summed E-state index contributed by atoms with van der Waals surface area (Å²) in [6.45, 7) is 2.18. The minimum absolute atomic E-state index is 0.174. The fraction of sp³-hybridized carbons (Fsp3) is 0.143. The summed E-state index contributed by atoms with van der Waals surface area (Å²) in [7, 11) is 0. The van der Waals surface area contributed by atoms with Gasteiger partial charge in [0.15, 0.2) is 11.6 Å². The van der Waals surface area contributed by atoms with E-state index in [2.05, 4.69) is 5.32 Å². The van der Waals surface area contributed by atoms with Gasteiger partial charge >= 0.3 is 0 Å². The second-order valence-corrected chi connectivity index (χ2v) is 4.37.